The van der Waals surface area contributed by atoms with Crippen LogP contribution in [-0.4, -0.2) is 46.4 Å². The fourth-order valence-corrected chi connectivity index (χ4v) is 6.37. The highest BCUT2D eigenvalue weighted by atomic mass is 32.2. The molecule has 0 fully saturated rings. The van der Waals surface area contributed by atoms with Crippen molar-refractivity contribution in [1.29, 1.82) is 0 Å². The zero-order chi connectivity index (χ0) is 30.3. The number of halogens is 5. The minimum atomic E-state index is -4.60. The van der Waals surface area contributed by atoms with Gasteiger partial charge in [-0.2, -0.15) is 18.3 Å². The molecule has 220 valence electrons. The van der Waals surface area contributed by atoms with Gasteiger partial charge in [-0.15, -0.1) is 11.3 Å². The molecule has 0 saturated carbocycles. The summed E-state index contributed by atoms with van der Waals surface area (Å²) < 4.78 is 99.9. The summed E-state index contributed by atoms with van der Waals surface area (Å²) in [4.78, 5) is 17.2. The fraction of sp³-hybridized carbons (Fsp3) is 0.292. The number of nitrogens with one attached hydrogen (secondary N) is 2. The molecule has 10 nitrogen and oxygen atoms in total. The number of aromatic nitrogens is 3. The summed E-state index contributed by atoms with van der Waals surface area (Å²) in [7, 11) is -4.04. The number of aliphatic hydroxyl groups is 1. The number of rotatable bonds is 8. The van der Waals surface area contributed by atoms with Gasteiger partial charge >= 0.3 is 12.3 Å². The number of ether oxygens (including phenoxy) is 1. The molecule has 4 aromatic rings. The van der Waals surface area contributed by atoms with Crippen LogP contribution in [0.5, 0.6) is 5.75 Å². The molecule has 17 heteroatoms. The molecule has 41 heavy (non-hydrogen) atoms. The number of nitrogens with zero attached hydrogens (tertiary/aromatic N) is 3. The number of aliphatic hydroxyl groups excluding tert-OH is 1. The molecule has 1 amide bonds. The van der Waals surface area contributed by atoms with Gasteiger partial charge in [0.05, 0.1) is 35.3 Å². The minimum Gasteiger partial charge on any atom is -0.404 e. The van der Waals surface area contributed by atoms with Crippen LogP contribution in [0, 0.1) is 6.92 Å². The van der Waals surface area contributed by atoms with Gasteiger partial charge in [0.15, 0.2) is 11.4 Å². The zero-order valence-electron chi connectivity index (χ0n) is 21.5. The number of amides is 1. The summed E-state index contributed by atoms with van der Waals surface area (Å²) in [6.45, 7) is 4.04. The van der Waals surface area contributed by atoms with E-state index in [9.17, 15) is 40.3 Å². The van der Waals surface area contributed by atoms with Crippen LogP contribution in [-0.2, 0) is 16.2 Å². The maximum atomic E-state index is 13.8. The summed E-state index contributed by atoms with van der Waals surface area (Å²) in [5, 5.41) is 15.5. The maximum absolute atomic E-state index is 13.8. The van der Waals surface area contributed by atoms with E-state index in [4.69, 9.17) is 4.74 Å². The van der Waals surface area contributed by atoms with Gasteiger partial charge in [0.2, 0.25) is 0 Å². The quantitative estimate of drug-likeness (QED) is 0.225. The molecule has 0 spiro atoms. The highest BCUT2D eigenvalue weighted by molar-refractivity contribution is 7.91. The average Bonchev–Trinajstić information content (AvgIpc) is 3.46. The van der Waals surface area contributed by atoms with Crippen molar-refractivity contribution in [3.8, 4) is 17.0 Å². The van der Waals surface area contributed by atoms with Gasteiger partial charge in [0.1, 0.15) is 9.90 Å². The van der Waals surface area contributed by atoms with Crippen LogP contribution in [0.15, 0.2) is 46.8 Å². The van der Waals surface area contributed by atoms with Crippen LogP contribution in [0.25, 0.3) is 16.9 Å². The van der Waals surface area contributed by atoms with Gasteiger partial charge in [0.25, 0.3) is 16.4 Å². The number of thiophene rings is 1. The van der Waals surface area contributed by atoms with Gasteiger partial charge in [-0.05, 0) is 45.0 Å². The molecule has 0 saturated heterocycles. The molecule has 0 bridgehead atoms. The Labute approximate surface area is 233 Å². The number of hydrogen-bond donors (Lipinski definition) is 3. The van der Waals surface area contributed by atoms with Crippen molar-refractivity contribution in [3.05, 3.63) is 58.7 Å². The first-order valence-electron chi connectivity index (χ1n) is 11.6. The van der Waals surface area contributed by atoms with E-state index < -0.39 is 52.1 Å². The summed E-state index contributed by atoms with van der Waals surface area (Å²) in [5.41, 5.74) is -2.97. The molecule has 0 radical (unpaired) electrons. The number of carbonyl (C=O) groups is 1. The third kappa shape index (κ3) is 6.64. The summed E-state index contributed by atoms with van der Waals surface area (Å²) in [5.74, 6) is -0.342. The lowest BCUT2D eigenvalue weighted by molar-refractivity contribution is -0.137. The van der Waals surface area contributed by atoms with E-state index in [0.717, 1.165) is 52.4 Å². The Hall–Kier alpha value is -3.67. The summed E-state index contributed by atoms with van der Waals surface area (Å²) in [6, 6.07) is 5.85. The number of carbonyl (C=O) groups excluding carboxylic acids is 1. The lowest BCUT2D eigenvalue weighted by atomic mass is 10.1. The van der Waals surface area contributed by atoms with Crippen LogP contribution < -0.4 is 14.8 Å². The second kappa shape index (κ2) is 11.0. The van der Waals surface area contributed by atoms with Gasteiger partial charge < -0.3 is 9.84 Å². The van der Waals surface area contributed by atoms with Crippen LogP contribution >= 0.6 is 11.3 Å². The fourth-order valence-electron chi connectivity index (χ4n) is 3.56. The Morgan fingerprint density at radius 1 is 1.17 bits per heavy atom. The van der Waals surface area contributed by atoms with Crippen molar-refractivity contribution >= 4 is 38.8 Å². The molecule has 0 aliphatic carbocycles. The van der Waals surface area contributed by atoms with Crippen molar-refractivity contribution in [2.75, 3.05) is 11.9 Å². The van der Waals surface area contributed by atoms with E-state index in [0.29, 0.717) is 4.88 Å². The Morgan fingerprint density at radius 3 is 2.41 bits per heavy atom. The highest BCUT2D eigenvalue weighted by Gasteiger charge is 2.31. The standard InChI is InChI=1S/C24H22F5N5O5S2/c1-12-15(9-19(40-12)41(37,38)33-23(2,3)11-35)32-22(36)39-18-10-30-34-17(20(25)26)8-16(31-21(18)34)13-4-6-14(7-5-13)24(27,28)29/h4-10,20,33,35H,11H2,1-3H3,(H,32,36). The molecular weight excluding hydrogens is 597 g/mol. The highest BCUT2D eigenvalue weighted by Crippen LogP contribution is 2.34. The Bertz CT molecular complexity index is 1700. The number of hydrogen-bond acceptors (Lipinski definition) is 8. The predicted octanol–water partition coefficient (Wildman–Crippen LogP) is 5.38. The minimum absolute atomic E-state index is 0.0883. The summed E-state index contributed by atoms with van der Waals surface area (Å²) in [6.07, 6.45) is -7.81. The molecule has 0 aliphatic rings. The Balaban J connectivity index is 1.61. The lowest BCUT2D eigenvalue weighted by Gasteiger charge is -2.22. The second-order valence-corrected chi connectivity index (χ2v) is 12.5. The predicted molar refractivity (Wildman–Crippen MR) is 139 cm³/mol. The van der Waals surface area contributed by atoms with E-state index in [1.807, 2.05) is 0 Å². The first-order chi connectivity index (χ1) is 19.0. The van der Waals surface area contributed by atoms with Crippen LogP contribution in [0.3, 0.4) is 0 Å². The smallest absolute Gasteiger partial charge is 0.404 e. The molecule has 3 aromatic heterocycles. The van der Waals surface area contributed by atoms with Crippen molar-refractivity contribution in [3.63, 3.8) is 0 Å². The van der Waals surface area contributed by atoms with Gasteiger partial charge in [0, 0.05) is 10.4 Å². The van der Waals surface area contributed by atoms with Gasteiger partial charge in [-0.3, -0.25) is 5.32 Å². The molecule has 3 N–H and O–H groups in total. The van der Waals surface area contributed by atoms with Crippen LogP contribution in [0.2, 0.25) is 0 Å². The molecule has 3 heterocycles. The number of fused-ring (bicyclic) bond motifs is 1. The number of anilines is 1. The van der Waals surface area contributed by atoms with Crippen molar-refractivity contribution in [2.45, 2.75) is 43.1 Å². The van der Waals surface area contributed by atoms with Gasteiger partial charge in [-0.1, -0.05) is 12.1 Å². The zero-order valence-corrected chi connectivity index (χ0v) is 23.1. The van der Waals surface area contributed by atoms with Crippen LogP contribution in [0.1, 0.15) is 36.4 Å². The lowest BCUT2D eigenvalue weighted by Crippen LogP contribution is -2.45. The Kier molecular flexibility index (Phi) is 8.10. The molecule has 0 atom stereocenters. The second-order valence-electron chi connectivity index (χ2n) is 9.38. The van der Waals surface area contributed by atoms with E-state index >= 15 is 0 Å². The first-order valence-corrected chi connectivity index (χ1v) is 13.9. The van der Waals surface area contributed by atoms with Crippen molar-refractivity contribution < 1.29 is 45.0 Å². The topological polar surface area (TPSA) is 135 Å². The monoisotopic (exact) mass is 619 g/mol. The van der Waals surface area contributed by atoms with E-state index in [-0.39, 0.29) is 32.6 Å². The third-order valence-electron chi connectivity index (χ3n) is 5.60. The van der Waals surface area contributed by atoms with E-state index in [1.165, 1.54) is 19.9 Å². The summed E-state index contributed by atoms with van der Waals surface area (Å²) >= 11 is 0.847. The third-order valence-corrected chi connectivity index (χ3v) is 8.83. The number of alkyl halides is 5. The maximum Gasteiger partial charge on any atom is 0.417 e. The average molecular weight is 620 g/mol. The molecule has 4 rings (SSSR count). The molecular formula is C24H22F5N5O5S2. The van der Waals surface area contributed by atoms with Crippen LogP contribution in [0.4, 0.5) is 32.4 Å². The molecule has 0 aliphatic heterocycles. The van der Waals surface area contributed by atoms with E-state index in [1.54, 1.807) is 6.92 Å². The number of aryl methyl sites for hydroxylation is 1. The molecule has 1 aromatic carbocycles. The Morgan fingerprint density at radius 2 is 1.83 bits per heavy atom. The van der Waals surface area contributed by atoms with E-state index in [2.05, 4.69) is 20.1 Å². The number of benzene rings is 1. The largest absolute Gasteiger partial charge is 0.417 e. The van der Waals surface area contributed by atoms with Crippen molar-refractivity contribution in [2.24, 2.45) is 0 Å². The van der Waals surface area contributed by atoms with Gasteiger partial charge in [-0.25, -0.2) is 36.2 Å². The van der Waals surface area contributed by atoms with Crippen molar-refractivity contribution in [1.82, 2.24) is 19.3 Å². The number of sulfonamides is 1. The first kappa shape index (κ1) is 30.3. The molecule has 0 unspecified atom stereocenters. The SMILES string of the molecule is Cc1sc(S(=O)(=O)NC(C)(C)CO)cc1NC(=O)Oc1cnn2c(C(F)F)cc(-c3ccc(C(F)(F)F)cc3)nc12. The normalized spacial score (nSPS) is 12.7.